The van der Waals surface area contributed by atoms with E-state index in [0.717, 1.165) is 29.7 Å². The number of carbonyl (C=O) groups excluding carboxylic acids is 3. The summed E-state index contributed by atoms with van der Waals surface area (Å²) in [6.07, 6.45) is 2.80. The fourth-order valence-corrected chi connectivity index (χ4v) is 4.68. The number of benzene rings is 2. The summed E-state index contributed by atoms with van der Waals surface area (Å²) < 4.78 is 11.1. The molecule has 8 nitrogen and oxygen atoms in total. The van der Waals surface area contributed by atoms with Crippen LogP contribution in [0.5, 0.6) is 11.5 Å². The number of hydrogen-bond donors (Lipinski definition) is 2. The van der Waals surface area contributed by atoms with Crippen LogP contribution in [0, 0.1) is 0 Å². The molecule has 0 radical (unpaired) electrons. The highest BCUT2D eigenvalue weighted by atomic mass is 16.6. The zero-order valence-corrected chi connectivity index (χ0v) is 17.8. The van der Waals surface area contributed by atoms with Crippen molar-refractivity contribution in [1.82, 2.24) is 15.5 Å². The summed E-state index contributed by atoms with van der Waals surface area (Å²) in [5, 5.41) is 5.74. The molecule has 0 bridgehead atoms. The van der Waals surface area contributed by atoms with Crippen molar-refractivity contribution in [2.45, 2.75) is 37.8 Å². The minimum absolute atomic E-state index is 0.114. The predicted molar refractivity (Wildman–Crippen MR) is 115 cm³/mol. The SMILES string of the molecule is CC1(c2ccc3c(c2)OCCO3)NC(=O)N(CC(=O)NC2CCCc3ccccc32)C1=O. The van der Waals surface area contributed by atoms with E-state index < -0.39 is 17.5 Å². The molecule has 4 amide bonds. The lowest BCUT2D eigenvalue weighted by atomic mass is 9.88. The fraction of sp³-hybridized carbons (Fsp3) is 0.375. The van der Waals surface area contributed by atoms with Crippen molar-refractivity contribution in [2.24, 2.45) is 0 Å². The van der Waals surface area contributed by atoms with Gasteiger partial charge in [-0.2, -0.15) is 0 Å². The molecule has 1 aliphatic carbocycles. The van der Waals surface area contributed by atoms with Crippen LogP contribution in [0.15, 0.2) is 42.5 Å². The molecule has 5 rings (SSSR count). The van der Waals surface area contributed by atoms with Crippen molar-refractivity contribution in [3.63, 3.8) is 0 Å². The maximum Gasteiger partial charge on any atom is 0.325 e. The van der Waals surface area contributed by atoms with Gasteiger partial charge in [0.25, 0.3) is 5.91 Å². The van der Waals surface area contributed by atoms with E-state index in [0.29, 0.717) is 30.3 Å². The van der Waals surface area contributed by atoms with Gasteiger partial charge < -0.3 is 20.1 Å². The molecule has 1 fully saturated rings. The lowest BCUT2D eigenvalue weighted by Crippen LogP contribution is -2.44. The van der Waals surface area contributed by atoms with Crippen molar-refractivity contribution in [1.29, 1.82) is 0 Å². The minimum Gasteiger partial charge on any atom is -0.486 e. The van der Waals surface area contributed by atoms with Gasteiger partial charge in [-0.15, -0.1) is 0 Å². The summed E-state index contributed by atoms with van der Waals surface area (Å²) in [6, 6.07) is 12.5. The van der Waals surface area contributed by atoms with Crippen LogP contribution in [0.4, 0.5) is 4.79 Å². The Balaban J connectivity index is 1.31. The Morgan fingerprint density at radius 2 is 1.94 bits per heavy atom. The number of urea groups is 1. The number of ether oxygens (including phenoxy) is 2. The third kappa shape index (κ3) is 3.45. The quantitative estimate of drug-likeness (QED) is 0.719. The van der Waals surface area contributed by atoms with Gasteiger partial charge >= 0.3 is 6.03 Å². The minimum atomic E-state index is -1.29. The summed E-state index contributed by atoms with van der Waals surface area (Å²) in [6.45, 7) is 2.19. The van der Waals surface area contributed by atoms with E-state index in [-0.39, 0.29) is 18.5 Å². The largest absolute Gasteiger partial charge is 0.486 e. The Morgan fingerprint density at radius 3 is 2.78 bits per heavy atom. The molecule has 2 aromatic carbocycles. The summed E-state index contributed by atoms with van der Waals surface area (Å²) in [7, 11) is 0. The summed E-state index contributed by atoms with van der Waals surface area (Å²) in [5.41, 5.74) is 1.62. The Labute approximate surface area is 185 Å². The molecule has 2 unspecified atom stereocenters. The predicted octanol–water partition coefficient (Wildman–Crippen LogP) is 2.42. The van der Waals surface area contributed by atoms with Gasteiger partial charge in [-0.05, 0) is 55.0 Å². The molecule has 2 atom stereocenters. The second-order valence-corrected chi connectivity index (χ2v) is 8.52. The van der Waals surface area contributed by atoms with E-state index in [1.165, 1.54) is 5.56 Å². The Kier molecular flexibility index (Phi) is 5.00. The highest BCUT2D eigenvalue weighted by Crippen LogP contribution is 2.37. The fourth-order valence-electron chi connectivity index (χ4n) is 4.68. The lowest BCUT2D eigenvalue weighted by molar-refractivity contribution is -0.135. The first-order valence-electron chi connectivity index (χ1n) is 10.9. The van der Waals surface area contributed by atoms with E-state index in [4.69, 9.17) is 9.47 Å². The van der Waals surface area contributed by atoms with Gasteiger partial charge in [0.1, 0.15) is 25.3 Å². The van der Waals surface area contributed by atoms with Crippen molar-refractivity contribution in [3.05, 3.63) is 59.2 Å². The van der Waals surface area contributed by atoms with Crippen LogP contribution in [0.1, 0.15) is 42.5 Å². The monoisotopic (exact) mass is 435 g/mol. The number of amides is 4. The number of carbonyl (C=O) groups is 3. The molecular formula is C24H25N3O5. The molecule has 32 heavy (non-hydrogen) atoms. The number of nitrogens with zero attached hydrogens (tertiary/aromatic N) is 1. The average molecular weight is 435 g/mol. The van der Waals surface area contributed by atoms with Crippen LogP contribution in [-0.2, 0) is 21.5 Å². The van der Waals surface area contributed by atoms with Crippen molar-refractivity contribution in [3.8, 4) is 11.5 Å². The zero-order valence-electron chi connectivity index (χ0n) is 17.8. The summed E-state index contributed by atoms with van der Waals surface area (Å²) >= 11 is 0. The molecule has 3 aliphatic rings. The first-order chi connectivity index (χ1) is 15.5. The van der Waals surface area contributed by atoms with Crippen LogP contribution in [-0.4, -0.2) is 42.5 Å². The van der Waals surface area contributed by atoms with Crippen molar-refractivity contribution < 1.29 is 23.9 Å². The molecule has 166 valence electrons. The maximum absolute atomic E-state index is 13.2. The molecule has 2 N–H and O–H groups in total. The standard InChI is InChI=1S/C24H25N3O5/c1-24(16-9-10-19-20(13-16)32-12-11-31-19)22(29)27(23(30)26-24)14-21(28)25-18-8-4-6-15-5-2-3-7-17(15)18/h2-3,5,7,9-10,13,18H,4,6,8,11-12,14H2,1H3,(H,25,28)(H,26,30). The van der Waals surface area contributed by atoms with Gasteiger partial charge in [-0.3, -0.25) is 14.5 Å². The number of fused-ring (bicyclic) bond motifs is 2. The molecular weight excluding hydrogens is 410 g/mol. The van der Waals surface area contributed by atoms with Gasteiger partial charge in [0.05, 0.1) is 6.04 Å². The number of imide groups is 1. The van der Waals surface area contributed by atoms with Gasteiger partial charge in [0.15, 0.2) is 11.5 Å². The topological polar surface area (TPSA) is 97.0 Å². The van der Waals surface area contributed by atoms with E-state index >= 15 is 0 Å². The maximum atomic E-state index is 13.2. The van der Waals surface area contributed by atoms with Crippen LogP contribution in [0.25, 0.3) is 0 Å². The molecule has 2 aliphatic heterocycles. The first-order valence-corrected chi connectivity index (χ1v) is 10.9. The Hall–Kier alpha value is -3.55. The van der Waals surface area contributed by atoms with Crippen molar-refractivity contribution >= 4 is 17.8 Å². The lowest BCUT2D eigenvalue weighted by Gasteiger charge is -2.27. The molecule has 8 heteroatoms. The van der Waals surface area contributed by atoms with E-state index in [2.05, 4.69) is 16.7 Å². The second-order valence-electron chi connectivity index (χ2n) is 8.52. The van der Waals surface area contributed by atoms with Crippen LogP contribution in [0.2, 0.25) is 0 Å². The molecule has 0 aromatic heterocycles. The van der Waals surface area contributed by atoms with E-state index in [1.807, 2.05) is 18.2 Å². The average Bonchev–Trinajstić information content (AvgIpc) is 3.03. The molecule has 1 saturated heterocycles. The van der Waals surface area contributed by atoms with Gasteiger partial charge in [-0.1, -0.05) is 30.3 Å². The molecule has 0 saturated carbocycles. The normalized spacial score (nSPS) is 24.0. The summed E-state index contributed by atoms with van der Waals surface area (Å²) in [5.74, 6) is 0.300. The first kappa shape index (κ1) is 20.4. The number of aryl methyl sites for hydroxylation is 1. The number of hydrogen-bond acceptors (Lipinski definition) is 5. The van der Waals surface area contributed by atoms with Crippen LogP contribution < -0.4 is 20.1 Å². The Bertz CT molecular complexity index is 1100. The Morgan fingerprint density at radius 1 is 1.16 bits per heavy atom. The van der Waals surface area contributed by atoms with E-state index in [9.17, 15) is 14.4 Å². The number of nitrogens with one attached hydrogen (secondary N) is 2. The zero-order chi connectivity index (χ0) is 22.3. The molecule has 2 aromatic rings. The smallest absolute Gasteiger partial charge is 0.325 e. The van der Waals surface area contributed by atoms with Gasteiger partial charge in [-0.25, -0.2) is 4.79 Å². The third-order valence-corrected chi connectivity index (χ3v) is 6.40. The van der Waals surface area contributed by atoms with Gasteiger partial charge in [0.2, 0.25) is 5.91 Å². The number of rotatable bonds is 4. The summed E-state index contributed by atoms with van der Waals surface area (Å²) in [4.78, 5) is 39.6. The highest BCUT2D eigenvalue weighted by molar-refractivity contribution is 6.09. The van der Waals surface area contributed by atoms with Crippen LogP contribution >= 0.6 is 0 Å². The van der Waals surface area contributed by atoms with Crippen molar-refractivity contribution in [2.75, 3.05) is 19.8 Å². The molecule has 2 heterocycles. The van der Waals surface area contributed by atoms with Gasteiger partial charge in [0, 0.05) is 0 Å². The van der Waals surface area contributed by atoms with E-state index in [1.54, 1.807) is 25.1 Å². The molecule has 0 spiro atoms. The van der Waals surface area contributed by atoms with Crippen LogP contribution in [0.3, 0.4) is 0 Å². The third-order valence-electron chi connectivity index (χ3n) is 6.40. The highest BCUT2D eigenvalue weighted by Gasteiger charge is 2.50. The second kappa shape index (κ2) is 7.85.